The van der Waals surface area contributed by atoms with Crippen molar-refractivity contribution in [2.45, 2.75) is 44.9 Å². The third-order valence-corrected chi connectivity index (χ3v) is 9.14. The van der Waals surface area contributed by atoms with E-state index < -0.39 is 10.0 Å². The SMILES string of the molecule is Cc1cc(C)c(S(=O)(=O)N2CCC(C(=O)NCCCNc3ccnc4cc(Cl)ccc34)CC2)c(C)c1. The van der Waals surface area contributed by atoms with Crippen molar-refractivity contribution < 1.29 is 13.2 Å². The maximum absolute atomic E-state index is 13.3. The van der Waals surface area contributed by atoms with E-state index in [0.29, 0.717) is 48.9 Å². The number of nitrogens with zero attached hydrogens (tertiary/aromatic N) is 2. The van der Waals surface area contributed by atoms with Gasteiger partial charge in [0.25, 0.3) is 0 Å². The number of aryl methyl sites for hydroxylation is 3. The minimum atomic E-state index is -3.58. The van der Waals surface area contributed by atoms with Crippen LogP contribution in [0.5, 0.6) is 0 Å². The Hall–Kier alpha value is -2.68. The van der Waals surface area contributed by atoms with E-state index in [-0.39, 0.29) is 11.8 Å². The minimum absolute atomic E-state index is 0.00116. The fourth-order valence-corrected chi connectivity index (χ4v) is 7.05. The molecule has 2 heterocycles. The summed E-state index contributed by atoms with van der Waals surface area (Å²) in [6.45, 7) is 7.62. The molecule has 1 aliphatic heterocycles. The lowest BCUT2D eigenvalue weighted by Gasteiger charge is -2.31. The predicted octanol–water partition coefficient (Wildman–Crippen LogP) is 4.83. The topological polar surface area (TPSA) is 91.4 Å². The lowest BCUT2D eigenvalue weighted by Crippen LogP contribution is -2.43. The molecule has 4 rings (SSSR count). The number of halogens is 1. The second-order valence-electron chi connectivity index (χ2n) is 9.50. The number of carbonyl (C=O) groups is 1. The average Bonchev–Trinajstić information content (AvgIpc) is 2.82. The lowest BCUT2D eigenvalue weighted by molar-refractivity contribution is -0.126. The number of hydrogen-bond acceptors (Lipinski definition) is 5. The molecule has 0 saturated carbocycles. The maximum Gasteiger partial charge on any atom is 0.243 e. The number of piperidine rings is 1. The largest absolute Gasteiger partial charge is 0.384 e. The highest BCUT2D eigenvalue weighted by Crippen LogP contribution is 2.29. The van der Waals surface area contributed by atoms with E-state index in [9.17, 15) is 13.2 Å². The molecule has 3 aromatic rings. The minimum Gasteiger partial charge on any atom is -0.384 e. The number of carbonyl (C=O) groups excluding carboxylic acids is 1. The number of benzene rings is 2. The molecule has 1 saturated heterocycles. The number of pyridine rings is 1. The van der Waals surface area contributed by atoms with E-state index in [1.807, 2.05) is 57.2 Å². The molecule has 1 aromatic heterocycles. The van der Waals surface area contributed by atoms with Crippen molar-refractivity contribution in [3.05, 3.63) is 64.3 Å². The molecule has 1 fully saturated rings. The van der Waals surface area contributed by atoms with Crippen LogP contribution in [0.1, 0.15) is 36.0 Å². The van der Waals surface area contributed by atoms with Gasteiger partial charge in [-0.1, -0.05) is 29.3 Å². The Morgan fingerprint density at radius 2 is 1.75 bits per heavy atom. The monoisotopic (exact) mass is 528 g/mol. The highest BCUT2D eigenvalue weighted by Gasteiger charge is 2.33. The van der Waals surface area contributed by atoms with Gasteiger partial charge in [-0.3, -0.25) is 9.78 Å². The molecule has 7 nitrogen and oxygen atoms in total. The smallest absolute Gasteiger partial charge is 0.243 e. The fourth-order valence-electron chi connectivity index (χ4n) is 5.00. The van der Waals surface area contributed by atoms with Crippen LogP contribution in [-0.2, 0) is 14.8 Å². The van der Waals surface area contributed by atoms with Crippen LogP contribution in [0.3, 0.4) is 0 Å². The first-order chi connectivity index (χ1) is 17.2. The van der Waals surface area contributed by atoms with Crippen molar-refractivity contribution in [1.29, 1.82) is 0 Å². The van der Waals surface area contributed by atoms with Crippen LogP contribution in [0.25, 0.3) is 10.9 Å². The number of amides is 1. The van der Waals surface area contributed by atoms with Crippen LogP contribution in [0, 0.1) is 26.7 Å². The normalized spacial score (nSPS) is 15.2. The van der Waals surface area contributed by atoms with Gasteiger partial charge in [-0.25, -0.2) is 8.42 Å². The number of hydrogen-bond donors (Lipinski definition) is 2. The number of rotatable bonds is 8. The summed E-state index contributed by atoms with van der Waals surface area (Å²) in [7, 11) is -3.58. The Morgan fingerprint density at radius 3 is 2.44 bits per heavy atom. The Kier molecular flexibility index (Phi) is 8.17. The Morgan fingerprint density at radius 1 is 1.06 bits per heavy atom. The summed E-state index contributed by atoms with van der Waals surface area (Å²) in [4.78, 5) is 17.4. The van der Waals surface area contributed by atoms with Gasteiger partial charge in [0.05, 0.1) is 10.4 Å². The van der Waals surface area contributed by atoms with Gasteiger partial charge in [0.2, 0.25) is 15.9 Å². The molecule has 0 bridgehead atoms. The van der Waals surface area contributed by atoms with E-state index in [4.69, 9.17) is 11.6 Å². The quantitative estimate of drug-likeness (QED) is 0.408. The summed E-state index contributed by atoms with van der Waals surface area (Å²) in [6.07, 6.45) is 3.57. The summed E-state index contributed by atoms with van der Waals surface area (Å²) in [5.41, 5.74) is 4.40. The molecule has 2 aromatic carbocycles. The first-order valence-corrected chi connectivity index (χ1v) is 14.1. The van der Waals surface area contributed by atoms with Gasteiger partial charge in [-0.2, -0.15) is 4.31 Å². The molecule has 36 heavy (non-hydrogen) atoms. The fraction of sp³-hybridized carbons (Fsp3) is 0.407. The van der Waals surface area contributed by atoms with Gasteiger partial charge < -0.3 is 10.6 Å². The van der Waals surface area contributed by atoms with Gasteiger partial charge in [0.1, 0.15) is 0 Å². The Labute approximate surface area is 218 Å². The molecule has 1 aliphatic rings. The molecule has 9 heteroatoms. The molecule has 0 aliphatic carbocycles. The molecule has 192 valence electrons. The number of nitrogens with one attached hydrogen (secondary N) is 2. The van der Waals surface area contributed by atoms with Crippen molar-refractivity contribution in [2.24, 2.45) is 5.92 Å². The zero-order valence-electron chi connectivity index (χ0n) is 21.0. The number of anilines is 1. The number of aromatic nitrogens is 1. The first-order valence-electron chi connectivity index (χ1n) is 12.3. The summed E-state index contributed by atoms with van der Waals surface area (Å²) in [6, 6.07) is 11.4. The van der Waals surface area contributed by atoms with Crippen molar-refractivity contribution in [1.82, 2.24) is 14.6 Å². The standard InChI is InChI=1S/C27H33ClN4O3S/c1-18-15-19(2)26(20(3)16-18)36(34,35)32-13-8-21(9-14-32)27(33)31-11-4-10-29-24-7-12-30-25-17-22(28)5-6-23(24)25/h5-7,12,15-17,21H,4,8-11,13-14H2,1-3H3,(H,29,30)(H,31,33). The summed E-state index contributed by atoms with van der Waals surface area (Å²) < 4.78 is 28.1. The summed E-state index contributed by atoms with van der Waals surface area (Å²) in [5.74, 6) is -0.169. The predicted molar refractivity (Wildman–Crippen MR) is 145 cm³/mol. The zero-order chi connectivity index (χ0) is 25.9. The molecule has 0 spiro atoms. The lowest BCUT2D eigenvalue weighted by atomic mass is 9.97. The molecular formula is C27H33ClN4O3S. The third-order valence-electron chi connectivity index (χ3n) is 6.70. The first kappa shape index (κ1) is 26.4. The summed E-state index contributed by atoms with van der Waals surface area (Å²) >= 11 is 6.05. The van der Waals surface area contributed by atoms with E-state index in [1.54, 1.807) is 6.20 Å². The van der Waals surface area contributed by atoms with Crippen molar-refractivity contribution >= 4 is 44.1 Å². The maximum atomic E-state index is 13.3. The Bertz CT molecular complexity index is 1350. The number of fused-ring (bicyclic) bond motifs is 1. The van der Waals surface area contributed by atoms with Crippen LogP contribution in [0.4, 0.5) is 5.69 Å². The second-order valence-corrected chi connectivity index (χ2v) is 11.8. The van der Waals surface area contributed by atoms with Gasteiger partial charge >= 0.3 is 0 Å². The Balaban J connectivity index is 1.24. The van der Waals surface area contributed by atoms with Crippen LogP contribution in [0.2, 0.25) is 5.02 Å². The van der Waals surface area contributed by atoms with E-state index in [2.05, 4.69) is 15.6 Å². The number of sulfonamides is 1. The van der Waals surface area contributed by atoms with Crippen molar-refractivity contribution in [2.75, 3.05) is 31.5 Å². The summed E-state index contributed by atoms with van der Waals surface area (Å²) in [5, 5.41) is 8.07. The van der Waals surface area contributed by atoms with E-state index >= 15 is 0 Å². The molecule has 1 amide bonds. The average molecular weight is 529 g/mol. The van der Waals surface area contributed by atoms with Gasteiger partial charge in [-0.15, -0.1) is 0 Å². The second kappa shape index (κ2) is 11.2. The highest BCUT2D eigenvalue weighted by molar-refractivity contribution is 7.89. The molecular weight excluding hydrogens is 496 g/mol. The van der Waals surface area contributed by atoms with Crippen molar-refractivity contribution in [3.8, 4) is 0 Å². The van der Waals surface area contributed by atoms with Crippen LogP contribution in [0.15, 0.2) is 47.5 Å². The molecule has 0 radical (unpaired) electrons. The molecule has 0 atom stereocenters. The zero-order valence-corrected chi connectivity index (χ0v) is 22.5. The van der Waals surface area contributed by atoms with Crippen LogP contribution in [-0.4, -0.2) is 49.8 Å². The van der Waals surface area contributed by atoms with Crippen molar-refractivity contribution in [3.63, 3.8) is 0 Å². The molecule has 0 unspecified atom stereocenters. The molecule has 2 N–H and O–H groups in total. The van der Waals surface area contributed by atoms with E-state index in [1.165, 1.54) is 4.31 Å². The highest BCUT2D eigenvalue weighted by atomic mass is 35.5. The van der Waals surface area contributed by atoms with E-state index in [0.717, 1.165) is 39.7 Å². The third kappa shape index (κ3) is 5.82. The van der Waals surface area contributed by atoms with Crippen LogP contribution < -0.4 is 10.6 Å². The van der Waals surface area contributed by atoms with Gasteiger partial charge in [0.15, 0.2) is 0 Å². The van der Waals surface area contributed by atoms with Gasteiger partial charge in [0, 0.05) is 54.4 Å². The van der Waals surface area contributed by atoms with Gasteiger partial charge in [-0.05, 0) is 75.4 Å². The van der Waals surface area contributed by atoms with Crippen LogP contribution >= 0.6 is 11.6 Å².